The number of nitrogens with one attached hydrogen (secondary N) is 1. The monoisotopic (exact) mass is 342 g/mol. The maximum atomic E-state index is 12.6. The number of fused-ring (bicyclic) bond motifs is 1. The second-order valence-corrected chi connectivity index (χ2v) is 7.64. The van der Waals surface area contributed by atoms with Crippen LogP contribution in [0.4, 0.5) is 5.69 Å². The van der Waals surface area contributed by atoms with Crippen LogP contribution in [0, 0.1) is 12.8 Å². The molecule has 2 aromatic rings. The van der Waals surface area contributed by atoms with Crippen molar-refractivity contribution >= 4 is 28.8 Å². The maximum absolute atomic E-state index is 12.6. The van der Waals surface area contributed by atoms with Crippen LogP contribution in [-0.2, 0) is 17.6 Å². The van der Waals surface area contributed by atoms with E-state index in [2.05, 4.69) is 5.32 Å². The molecule has 1 aliphatic carbocycles. The highest BCUT2D eigenvalue weighted by molar-refractivity contribution is 7.14. The SMILES string of the molecule is Cc1ccccc1NC(=O)C1CCc2sc(C(=O)N(C)C)cc2C1. The molecule has 0 spiro atoms. The first-order valence-corrected chi connectivity index (χ1v) is 8.97. The van der Waals surface area contributed by atoms with Gasteiger partial charge in [0.2, 0.25) is 5.91 Å². The normalized spacial score (nSPS) is 16.4. The van der Waals surface area contributed by atoms with Gasteiger partial charge < -0.3 is 10.2 Å². The van der Waals surface area contributed by atoms with Crippen LogP contribution in [0.2, 0.25) is 0 Å². The summed E-state index contributed by atoms with van der Waals surface area (Å²) in [6.07, 6.45) is 2.41. The van der Waals surface area contributed by atoms with Crippen molar-refractivity contribution in [3.8, 4) is 0 Å². The summed E-state index contributed by atoms with van der Waals surface area (Å²) in [6, 6.07) is 9.79. The number of nitrogens with zero attached hydrogens (tertiary/aromatic N) is 1. The van der Waals surface area contributed by atoms with Gasteiger partial charge in [0.1, 0.15) is 0 Å². The molecule has 0 saturated carbocycles. The number of carbonyl (C=O) groups is 2. The van der Waals surface area contributed by atoms with Crippen LogP contribution < -0.4 is 5.32 Å². The predicted octanol–water partition coefficient (Wildman–Crippen LogP) is 3.50. The van der Waals surface area contributed by atoms with Crippen LogP contribution in [0.5, 0.6) is 0 Å². The Kier molecular flexibility index (Phi) is 4.71. The minimum absolute atomic E-state index is 0.0333. The molecule has 1 atom stereocenters. The Morgan fingerprint density at radius 2 is 2.00 bits per heavy atom. The topological polar surface area (TPSA) is 49.4 Å². The molecule has 0 aliphatic heterocycles. The van der Waals surface area contributed by atoms with Crippen molar-refractivity contribution in [3.63, 3.8) is 0 Å². The van der Waals surface area contributed by atoms with E-state index >= 15 is 0 Å². The van der Waals surface area contributed by atoms with Gasteiger partial charge in [0.05, 0.1) is 4.88 Å². The van der Waals surface area contributed by atoms with E-state index in [0.717, 1.165) is 34.5 Å². The molecule has 24 heavy (non-hydrogen) atoms. The lowest BCUT2D eigenvalue weighted by atomic mass is 9.87. The average molecular weight is 342 g/mol. The van der Waals surface area contributed by atoms with E-state index < -0.39 is 0 Å². The molecule has 5 heteroatoms. The highest BCUT2D eigenvalue weighted by Crippen LogP contribution is 2.33. The van der Waals surface area contributed by atoms with Crippen LogP contribution >= 0.6 is 11.3 Å². The second-order valence-electron chi connectivity index (χ2n) is 6.50. The smallest absolute Gasteiger partial charge is 0.263 e. The van der Waals surface area contributed by atoms with Crippen molar-refractivity contribution in [2.45, 2.75) is 26.2 Å². The van der Waals surface area contributed by atoms with Crippen molar-refractivity contribution in [2.75, 3.05) is 19.4 Å². The molecule has 0 bridgehead atoms. The molecule has 3 rings (SSSR count). The van der Waals surface area contributed by atoms with Crippen LogP contribution in [0.25, 0.3) is 0 Å². The number of hydrogen-bond donors (Lipinski definition) is 1. The minimum Gasteiger partial charge on any atom is -0.344 e. The third-order valence-corrected chi connectivity index (χ3v) is 5.70. The summed E-state index contributed by atoms with van der Waals surface area (Å²) >= 11 is 1.57. The molecule has 0 saturated heterocycles. The van der Waals surface area contributed by atoms with E-state index in [0.29, 0.717) is 6.42 Å². The summed E-state index contributed by atoms with van der Waals surface area (Å²) < 4.78 is 0. The van der Waals surface area contributed by atoms with Crippen LogP contribution in [0.1, 0.15) is 32.1 Å². The molecule has 0 radical (unpaired) electrons. The standard InChI is InChI=1S/C19H22N2O2S/c1-12-6-4-5-7-15(12)20-18(22)13-8-9-16-14(10-13)11-17(24-16)19(23)21(2)3/h4-7,11,13H,8-10H2,1-3H3,(H,20,22). The lowest BCUT2D eigenvalue weighted by Gasteiger charge is -2.21. The van der Waals surface area contributed by atoms with Gasteiger partial charge in [-0.1, -0.05) is 18.2 Å². The van der Waals surface area contributed by atoms with E-state index in [1.54, 1.807) is 30.3 Å². The summed E-state index contributed by atoms with van der Waals surface area (Å²) in [5.41, 5.74) is 3.10. The Bertz CT molecular complexity index is 779. The first kappa shape index (κ1) is 16.7. The third-order valence-electron chi connectivity index (χ3n) is 4.47. The zero-order valence-corrected chi connectivity index (χ0v) is 15.1. The number of para-hydroxylation sites is 1. The minimum atomic E-state index is -0.0333. The zero-order valence-electron chi connectivity index (χ0n) is 14.3. The van der Waals surface area contributed by atoms with Crippen molar-refractivity contribution < 1.29 is 9.59 Å². The van der Waals surface area contributed by atoms with Gasteiger partial charge in [0, 0.05) is 30.6 Å². The fourth-order valence-corrected chi connectivity index (χ4v) is 4.25. The molecular weight excluding hydrogens is 320 g/mol. The number of thiophene rings is 1. The quantitative estimate of drug-likeness (QED) is 0.928. The largest absolute Gasteiger partial charge is 0.344 e. The average Bonchev–Trinajstić information content (AvgIpc) is 2.99. The Balaban J connectivity index is 1.72. The summed E-state index contributed by atoms with van der Waals surface area (Å²) in [6.45, 7) is 1.99. The lowest BCUT2D eigenvalue weighted by molar-refractivity contribution is -0.120. The van der Waals surface area contributed by atoms with Gasteiger partial charge in [0.15, 0.2) is 0 Å². The number of rotatable bonds is 3. The first-order valence-electron chi connectivity index (χ1n) is 8.15. The van der Waals surface area contributed by atoms with Crippen molar-refractivity contribution in [2.24, 2.45) is 5.92 Å². The molecule has 2 amide bonds. The van der Waals surface area contributed by atoms with E-state index in [4.69, 9.17) is 0 Å². The van der Waals surface area contributed by atoms with Gasteiger partial charge in [0.25, 0.3) is 5.91 Å². The molecular formula is C19H22N2O2S. The Morgan fingerprint density at radius 3 is 2.71 bits per heavy atom. The fourth-order valence-electron chi connectivity index (χ4n) is 3.02. The van der Waals surface area contributed by atoms with Gasteiger partial charge in [-0.3, -0.25) is 9.59 Å². The summed E-state index contributed by atoms with van der Waals surface area (Å²) in [5, 5.41) is 3.05. The van der Waals surface area contributed by atoms with Crippen molar-refractivity contribution in [3.05, 3.63) is 51.2 Å². The number of aryl methyl sites for hydroxylation is 2. The molecule has 1 N–H and O–H groups in total. The van der Waals surface area contributed by atoms with Gasteiger partial charge in [-0.05, 0) is 49.4 Å². The van der Waals surface area contributed by atoms with Gasteiger partial charge in [-0.2, -0.15) is 0 Å². The molecule has 1 heterocycles. The van der Waals surface area contributed by atoms with Gasteiger partial charge >= 0.3 is 0 Å². The molecule has 126 valence electrons. The van der Waals surface area contributed by atoms with E-state index in [-0.39, 0.29) is 17.7 Å². The molecule has 1 aromatic carbocycles. The van der Waals surface area contributed by atoms with Crippen LogP contribution in [0.3, 0.4) is 0 Å². The zero-order chi connectivity index (χ0) is 17.3. The Morgan fingerprint density at radius 1 is 1.25 bits per heavy atom. The summed E-state index contributed by atoms with van der Waals surface area (Å²) in [7, 11) is 3.53. The third kappa shape index (κ3) is 3.36. The molecule has 0 fully saturated rings. The fraction of sp³-hybridized carbons (Fsp3) is 0.368. The molecule has 1 unspecified atom stereocenters. The van der Waals surface area contributed by atoms with Crippen molar-refractivity contribution in [1.29, 1.82) is 0 Å². The predicted molar refractivity (Wildman–Crippen MR) is 97.7 cm³/mol. The Labute approximate surface area is 146 Å². The van der Waals surface area contributed by atoms with E-state index in [1.165, 1.54) is 4.88 Å². The number of benzene rings is 1. The first-order chi connectivity index (χ1) is 11.5. The van der Waals surface area contributed by atoms with Gasteiger partial charge in [-0.25, -0.2) is 0 Å². The number of anilines is 1. The molecule has 4 nitrogen and oxygen atoms in total. The number of hydrogen-bond acceptors (Lipinski definition) is 3. The summed E-state index contributed by atoms with van der Waals surface area (Å²) in [4.78, 5) is 28.3. The highest BCUT2D eigenvalue weighted by Gasteiger charge is 2.28. The number of carbonyl (C=O) groups excluding carboxylic acids is 2. The van der Waals surface area contributed by atoms with Crippen molar-refractivity contribution in [1.82, 2.24) is 4.90 Å². The number of amides is 2. The maximum Gasteiger partial charge on any atom is 0.263 e. The summed E-state index contributed by atoms with van der Waals surface area (Å²) in [5.74, 6) is 0.0750. The van der Waals surface area contributed by atoms with Gasteiger partial charge in [-0.15, -0.1) is 11.3 Å². The lowest BCUT2D eigenvalue weighted by Crippen LogP contribution is -2.27. The Hall–Kier alpha value is -2.14. The highest BCUT2D eigenvalue weighted by atomic mass is 32.1. The van der Waals surface area contributed by atoms with Crippen LogP contribution in [0.15, 0.2) is 30.3 Å². The van der Waals surface area contributed by atoms with Crippen LogP contribution in [-0.4, -0.2) is 30.8 Å². The van der Waals surface area contributed by atoms with E-state index in [9.17, 15) is 9.59 Å². The van der Waals surface area contributed by atoms with E-state index in [1.807, 2.05) is 37.3 Å². The molecule has 1 aromatic heterocycles. The second kappa shape index (κ2) is 6.77. The molecule has 1 aliphatic rings.